The molecule has 0 aliphatic carbocycles. The summed E-state index contributed by atoms with van der Waals surface area (Å²) in [5.41, 5.74) is 3.75. The molecule has 2 heterocycles. The lowest BCUT2D eigenvalue weighted by atomic mass is 10.1. The molecule has 1 N–H and O–H groups in total. The predicted molar refractivity (Wildman–Crippen MR) is 113 cm³/mol. The fourth-order valence-electron chi connectivity index (χ4n) is 3.40. The molecule has 1 aromatic heterocycles. The second-order valence-electron chi connectivity index (χ2n) is 7.57. The quantitative estimate of drug-likeness (QED) is 0.607. The molecule has 0 bridgehead atoms. The van der Waals surface area contributed by atoms with Crippen LogP contribution in [0.25, 0.3) is 11.1 Å². The van der Waals surface area contributed by atoms with Gasteiger partial charge in [0.05, 0.1) is 0 Å². The highest BCUT2D eigenvalue weighted by atomic mass is 19.1. The third-order valence-electron chi connectivity index (χ3n) is 5.10. The van der Waals surface area contributed by atoms with Crippen LogP contribution in [0, 0.1) is 5.82 Å². The van der Waals surface area contributed by atoms with Gasteiger partial charge in [-0.25, -0.2) is 9.37 Å². The Bertz CT molecular complexity index is 1100. The van der Waals surface area contributed by atoms with Crippen LogP contribution in [0.15, 0.2) is 40.8 Å². The molecule has 0 saturated heterocycles. The van der Waals surface area contributed by atoms with E-state index in [0.29, 0.717) is 35.4 Å². The Kier molecular flexibility index (Phi) is 7.25. The Morgan fingerprint density at radius 2 is 2.10 bits per heavy atom. The normalized spacial score (nSPS) is 13.8. The number of imide groups is 1. The van der Waals surface area contributed by atoms with E-state index in [0.717, 1.165) is 30.5 Å². The van der Waals surface area contributed by atoms with Gasteiger partial charge in [0.15, 0.2) is 11.5 Å². The number of benzene rings is 2. The molecule has 2 amide bonds. The van der Waals surface area contributed by atoms with Crippen LogP contribution >= 0.6 is 0 Å². The van der Waals surface area contributed by atoms with Crippen LogP contribution < -0.4 is 5.32 Å². The number of fused-ring (bicyclic) bond motifs is 2. The van der Waals surface area contributed by atoms with Crippen molar-refractivity contribution in [2.75, 3.05) is 7.05 Å². The van der Waals surface area contributed by atoms with Crippen LogP contribution in [0.4, 0.5) is 4.39 Å². The van der Waals surface area contributed by atoms with Gasteiger partial charge in [0.25, 0.3) is 0 Å². The molecule has 7 nitrogen and oxygen atoms in total. The number of carbonyl (C=O) groups is 3. The number of nitrogens with one attached hydrogen (secondary N) is 1. The molecule has 0 saturated carbocycles. The fraction of sp³-hybridized carbons (Fsp3) is 0.304. The van der Waals surface area contributed by atoms with Gasteiger partial charge < -0.3 is 4.42 Å². The van der Waals surface area contributed by atoms with Crippen molar-refractivity contribution in [1.82, 2.24) is 15.2 Å². The first-order valence-corrected chi connectivity index (χ1v) is 9.94. The first-order chi connectivity index (χ1) is 14.9. The lowest BCUT2D eigenvalue weighted by Crippen LogP contribution is -2.21. The Hall–Kier alpha value is -3.39. The second kappa shape index (κ2) is 10.1. The zero-order chi connectivity index (χ0) is 22.4. The number of amides is 2. The Morgan fingerprint density at radius 1 is 1.29 bits per heavy atom. The number of oxazole rings is 1. The molecule has 1 unspecified atom stereocenters. The van der Waals surface area contributed by atoms with Crippen LogP contribution in [0.2, 0.25) is 0 Å². The molecule has 2 aromatic carbocycles. The van der Waals surface area contributed by atoms with Gasteiger partial charge in [0, 0.05) is 36.6 Å². The van der Waals surface area contributed by atoms with Crippen molar-refractivity contribution in [3.8, 4) is 0 Å². The molecule has 1 aliphatic rings. The standard InChI is InChI=1S/C14H14N2O4.C9H10FN/c1-9(2-5-13(19)15-8-18)14-16-11-4-3-10(7-17)6-12(11)20-14;1-11-5-7-3-2-4-9(10)8(7)6-11/h3-4,6-9H,2,5H2,1H3,(H,15,18,19);2-4H,5-6H2,1H3. The van der Waals surface area contributed by atoms with Crippen molar-refractivity contribution in [2.45, 2.75) is 38.8 Å². The molecule has 0 radical (unpaired) electrons. The number of nitrogens with zero attached hydrogens (tertiary/aromatic N) is 2. The zero-order valence-corrected chi connectivity index (χ0v) is 17.4. The van der Waals surface area contributed by atoms with E-state index in [1.807, 2.05) is 20.0 Å². The number of hydrogen-bond donors (Lipinski definition) is 1. The van der Waals surface area contributed by atoms with E-state index >= 15 is 0 Å². The number of aromatic nitrogens is 1. The molecule has 0 fully saturated rings. The minimum atomic E-state index is -0.328. The smallest absolute Gasteiger partial charge is 0.226 e. The maximum atomic E-state index is 13.0. The Labute approximate surface area is 179 Å². The maximum absolute atomic E-state index is 13.0. The van der Waals surface area contributed by atoms with Gasteiger partial charge in [0.1, 0.15) is 17.6 Å². The molecule has 162 valence electrons. The molecule has 8 heteroatoms. The van der Waals surface area contributed by atoms with Crippen molar-refractivity contribution in [1.29, 1.82) is 0 Å². The summed E-state index contributed by atoms with van der Waals surface area (Å²) in [7, 11) is 2.00. The number of halogens is 1. The second-order valence-corrected chi connectivity index (χ2v) is 7.57. The van der Waals surface area contributed by atoms with Crippen LogP contribution in [0.1, 0.15) is 53.1 Å². The summed E-state index contributed by atoms with van der Waals surface area (Å²) in [5, 5.41) is 2.08. The molecule has 1 atom stereocenters. The molecule has 0 spiro atoms. The third-order valence-corrected chi connectivity index (χ3v) is 5.10. The molecule has 1 aliphatic heterocycles. The number of aldehydes is 1. The van der Waals surface area contributed by atoms with E-state index < -0.39 is 0 Å². The predicted octanol–water partition coefficient (Wildman–Crippen LogP) is 3.57. The average Bonchev–Trinajstić information content (AvgIpc) is 3.35. The van der Waals surface area contributed by atoms with Gasteiger partial charge in [-0.1, -0.05) is 19.1 Å². The van der Waals surface area contributed by atoms with Gasteiger partial charge in [-0.3, -0.25) is 24.6 Å². The number of hydrogen-bond acceptors (Lipinski definition) is 6. The van der Waals surface area contributed by atoms with Gasteiger partial charge in [-0.05, 0) is 43.3 Å². The summed E-state index contributed by atoms with van der Waals surface area (Å²) in [4.78, 5) is 38.4. The Morgan fingerprint density at radius 3 is 2.81 bits per heavy atom. The van der Waals surface area contributed by atoms with Crippen LogP contribution in [-0.2, 0) is 22.7 Å². The van der Waals surface area contributed by atoms with E-state index in [2.05, 4.69) is 15.2 Å². The van der Waals surface area contributed by atoms with Crippen molar-refractivity contribution in [3.63, 3.8) is 0 Å². The van der Waals surface area contributed by atoms with Crippen molar-refractivity contribution in [3.05, 3.63) is 64.8 Å². The lowest BCUT2D eigenvalue weighted by molar-refractivity contribution is -0.125. The Balaban J connectivity index is 0.000000207. The van der Waals surface area contributed by atoms with E-state index in [4.69, 9.17) is 4.42 Å². The summed E-state index contributed by atoms with van der Waals surface area (Å²) in [6, 6.07) is 10.3. The van der Waals surface area contributed by atoms with E-state index in [9.17, 15) is 18.8 Å². The molecule has 3 aromatic rings. The highest BCUT2D eigenvalue weighted by molar-refractivity contribution is 5.85. The minimum Gasteiger partial charge on any atom is -0.440 e. The van der Waals surface area contributed by atoms with E-state index in [1.165, 1.54) is 6.07 Å². The van der Waals surface area contributed by atoms with Crippen LogP contribution in [0.3, 0.4) is 0 Å². The summed E-state index contributed by atoms with van der Waals surface area (Å²) in [6.45, 7) is 3.52. The van der Waals surface area contributed by atoms with Crippen molar-refractivity contribution in [2.24, 2.45) is 0 Å². The molecule has 31 heavy (non-hydrogen) atoms. The monoisotopic (exact) mass is 425 g/mol. The molecular formula is C23H24FN3O4. The summed E-state index contributed by atoms with van der Waals surface area (Å²) >= 11 is 0. The highest BCUT2D eigenvalue weighted by Gasteiger charge is 2.18. The molecule has 4 rings (SSSR count). The van der Waals surface area contributed by atoms with Gasteiger partial charge in [-0.15, -0.1) is 0 Å². The highest BCUT2D eigenvalue weighted by Crippen LogP contribution is 2.25. The minimum absolute atomic E-state index is 0.0560. The number of rotatable bonds is 6. The SMILES string of the molecule is CC(CCC(=O)NC=O)c1nc2ccc(C=O)cc2o1.CN1Cc2cccc(F)c2C1. The summed E-state index contributed by atoms with van der Waals surface area (Å²) in [5.74, 6) is 0.0690. The molecular weight excluding hydrogens is 401 g/mol. The van der Waals surface area contributed by atoms with Crippen LogP contribution in [-0.4, -0.2) is 35.5 Å². The average molecular weight is 425 g/mol. The fourth-order valence-corrected chi connectivity index (χ4v) is 3.40. The van der Waals surface area contributed by atoms with E-state index in [-0.39, 0.29) is 24.1 Å². The summed E-state index contributed by atoms with van der Waals surface area (Å²) < 4.78 is 18.6. The van der Waals surface area contributed by atoms with E-state index in [1.54, 1.807) is 24.3 Å². The van der Waals surface area contributed by atoms with Gasteiger partial charge in [0.2, 0.25) is 12.3 Å². The van der Waals surface area contributed by atoms with Crippen molar-refractivity contribution >= 4 is 29.7 Å². The van der Waals surface area contributed by atoms with Crippen molar-refractivity contribution < 1.29 is 23.2 Å². The zero-order valence-electron chi connectivity index (χ0n) is 17.4. The lowest BCUT2D eigenvalue weighted by Gasteiger charge is -2.05. The largest absolute Gasteiger partial charge is 0.440 e. The van der Waals surface area contributed by atoms with Gasteiger partial charge >= 0.3 is 0 Å². The first kappa shape index (κ1) is 22.3. The first-order valence-electron chi connectivity index (χ1n) is 9.94. The number of carbonyl (C=O) groups excluding carboxylic acids is 3. The maximum Gasteiger partial charge on any atom is 0.226 e. The third kappa shape index (κ3) is 5.61. The van der Waals surface area contributed by atoms with Crippen LogP contribution in [0.5, 0.6) is 0 Å². The van der Waals surface area contributed by atoms with Gasteiger partial charge in [-0.2, -0.15) is 0 Å². The summed E-state index contributed by atoms with van der Waals surface area (Å²) in [6.07, 6.45) is 1.85. The topological polar surface area (TPSA) is 92.5 Å².